The topological polar surface area (TPSA) is 77.1 Å². The van der Waals surface area contributed by atoms with Crippen LogP contribution >= 0.6 is 0 Å². The van der Waals surface area contributed by atoms with E-state index in [0.717, 1.165) is 38.8 Å². The molecule has 0 aromatic rings. The standard InChI is InChI=1S/C46H87F3N2O5/c1-3-5-7-9-11-13-15-17-19-21-23-25-27-29-31-33-37-51(38-34-32-30-28-26-24-22-20-18-16-14-12-10-8-6-4-2)43(52)36-35-39-54-45-55-41-42(56-45)40-50-44(53)46(47,48)49/h42,45H,3-41H2,1-2H3,(H,50,53)/t42-,45-/m1/s1. The van der Waals surface area contributed by atoms with Gasteiger partial charge in [-0.2, -0.15) is 13.2 Å². The van der Waals surface area contributed by atoms with E-state index >= 15 is 0 Å². The lowest BCUT2D eigenvalue weighted by Crippen LogP contribution is -2.41. The molecule has 56 heavy (non-hydrogen) atoms. The van der Waals surface area contributed by atoms with Crippen LogP contribution in [0.15, 0.2) is 0 Å². The summed E-state index contributed by atoms with van der Waals surface area (Å²) in [5.41, 5.74) is 0. The summed E-state index contributed by atoms with van der Waals surface area (Å²) >= 11 is 0. The first-order valence-electron chi connectivity index (χ1n) is 23.8. The summed E-state index contributed by atoms with van der Waals surface area (Å²) in [6, 6.07) is 0. The molecule has 1 fully saturated rings. The number of hydrogen-bond acceptors (Lipinski definition) is 5. The number of carbonyl (C=O) groups excluding carboxylic acids is 2. The van der Waals surface area contributed by atoms with E-state index in [1.807, 2.05) is 0 Å². The van der Waals surface area contributed by atoms with Crippen molar-refractivity contribution in [3.63, 3.8) is 0 Å². The molecule has 7 nitrogen and oxygen atoms in total. The molecule has 0 unspecified atom stereocenters. The Kier molecular flexibility index (Phi) is 35.6. The predicted molar refractivity (Wildman–Crippen MR) is 225 cm³/mol. The monoisotopic (exact) mass is 805 g/mol. The third-order valence-electron chi connectivity index (χ3n) is 11.2. The van der Waals surface area contributed by atoms with Crippen LogP contribution in [0, 0.1) is 0 Å². The number of unbranched alkanes of at least 4 members (excludes halogenated alkanes) is 30. The van der Waals surface area contributed by atoms with Crippen molar-refractivity contribution in [1.29, 1.82) is 0 Å². The van der Waals surface area contributed by atoms with E-state index in [1.165, 1.54) is 180 Å². The highest BCUT2D eigenvalue weighted by Gasteiger charge is 2.39. The highest BCUT2D eigenvalue weighted by molar-refractivity contribution is 5.81. The third kappa shape index (κ3) is 32.6. The van der Waals surface area contributed by atoms with Gasteiger partial charge in [0.05, 0.1) is 13.2 Å². The molecule has 0 aliphatic carbocycles. The average Bonchev–Trinajstić information content (AvgIpc) is 3.64. The van der Waals surface area contributed by atoms with Crippen LogP contribution in [0.25, 0.3) is 0 Å². The molecule has 1 rings (SSSR count). The molecule has 0 radical (unpaired) electrons. The summed E-state index contributed by atoms with van der Waals surface area (Å²) in [7, 11) is 0. The van der Waals surface area contributed by atoms with Gasteiger partial charge in [0.15, 0.2) is 0 Å². The molecule has 0 bridgehead atoms. The van der Waals surface area contributed by atoms with Crippen molar-refractivity contribution >= 4 is 11.8 Å². The second-order valence-electron chi connectivity index (χ2n) is 16.5. The first kappa shape index (κ1) is 52.6. The zero-order valence-corrected chi connectivity index (χ0v) is 36.4. The van der Waals surface area contributed by atoms with E-state index in [4.69, 9.17) is 14.2 Å². The van der Waals surface area contributed by atoms with Crippen LogP contribution in [0.5, 0.6) is 0 Å². The molecule has 0 saturated carbocycles. The maximum Gasteiger partial charge on any atom is 0.471 e. The minimum Gasteiger partial charge on any atom is -0.346 e. The number of amides is 2. The summed E-state index contributed by atoms with van der Waals surface area (Å²) in [5.74, 6) is -1.86. The molecular weight excluding hydrogens is 718 g/mol. The molecule has 1 heterocycles. The number of ether oxygens (including phenoxy) is 3. The molecule has 2 atom stereocenters. The Bertz CT molecular complexity index is 857. The molecule has 2 amide bonds. The first-order valence-corrected chi connectivity index (χ1v) is 23.8. The Balaban J connectivity index is 2.24. The van der Waals surface area contributed by atoms with Crippen molar-refractivity contribution < 1.29 is 37.0 Å². The molecule has 0 aromatic carbocycles. The Morgan fingerprint density at radius 2 is 0.929 bits per heavy atom. The molecule has 0 spiro atoms. The minimum atomic E-state index is -4.94. The van der Waals surface area contributed by atoms with Crippen molar-refractivity contribution in [2.45, 2.75) is 251 Å². The van der Waals surface area contributed by atoms with Crippen molar-refractivity contribution in [1.82, 2.24) is 10.2 Å². The lowest BCUT2D eigenvalue weighted by molar-refractivity contribution is -0.237. The van der Waals surface area contributed by atoms with Gasteiger partial charge in [0.2, 0.25) is 5.91 Å². The summed E-state index contributed by atoms with van der Waals surface area (Å²) in [6.45, 7) is 5.09. The zero-order valence-electron chi connectivity index (χ0n) is 36.4. The fraction of sp³-hybridized carbons (Fsp3) is 0.957. The van der Waals surface area contributed by atoms with Gasteiger partial charge in [-0.3, -0.25) is 9.59 Å². The summed E-state index contributed by atoms with van der Waals surface area (Å²) in [6.07, 6.45) is 37.7. The Morgan fingerprint density at radius 3 is 1.29 bits per heavy atom. The van der Waals surface area contributed by atoms with Gasteiger partial charge >= 0.3 is 12.1 Å². The number of hydrogen-bond donors (Lipinski definition) is 1. The minimum absolute atomic E-state index is 0.0220. The maximum atomic E-state index is 13.3. The fourth-order valence-electron chi connectivity index (χ4n) is 7.55. The SMILES string of the molecule is CCCCCCCCCCCCCCCCCCN(CCCCCCCCCCCCCCCCCC)C(=O)CCCO[C@@H]1OC[C@@H](CNC(=O)C(F)(F)F)O1. The van der Waals surface area contributed by atoms with E-state index in [-0.39, 0.29) is 25.7 Å². The van der Waals surface area contributed by atoms with Gasteiger partial charge in [0, 0.05) is 26.1 Å². The number of nitrogens with one attached hydrogen (secondary N) is 1. The number of halogens is 3. The number of rotatable bonds is 41. The lowest BCUT2D eigenvalue weighted by atomic mass is 10.0. The van der Waals surface area contributed by atoms with E-state index in [1.54, 1.807) is 5.32 Å². The van der Waals surface area contributed by atoms with Gasteiger partial charge in [-0.15, -0.1) is 0 Å². The van der Waals surface area contributed by atoms with Gasteiger partial charge in [0.1, 0.15) is 6.10 Å². The van der Waals surface area contributed by atoms with Crippen LogP contribution in [0.2, 0.25) is 0 Å². The molecule has 1 saturated heterocycles. The van der Waals surface area contributed by atoms with E-state index in [2.05, 4.69) is 18.7 Å². The van der Waals surface area contributed by atoms with Crippen LogP contribution in [-0.2, 0) is 23.8 Å². The quantitative estimate of drug-likeness (QED) is 0.0623. The average molecular weight is 805 g/mol. The van der Waals surface area contributed by atoms with E-state index < -0.39 is 24.7 Å². The zero-order chi connectivity index (χ0) is 40.8. The van der Waals surface area contributed by atoms with Crippen molar-refractivity contribution in [2.75, 3.05) is 32.8 Å². The van der Waals surface area contributed by atoms with Gasteiger partial charge in [-0.25, -0.2) is 0 Å². The van der Waals surface area contributed by atoms with Crippen molar-refractivity contribution in [3.05, 3.63) is 0 Å². The fourth-order valence-corrected chi connectivity index (χ4v) is 7.55. The largest absolute Gasteiger partial charge is 0.471 e. The van der Waals surface area contributed by atoms with Gasteiger partial charge in [0.25, 0.3) is 6.48 Å². The van der Waals surface area contributed by atoms with Crippen molar-refractivity contribution in [2.24, 2.45) is 0 Å². The summed E-state index contributed by atoms with van der Waals surface area (Å²) in [5, 5.41) is 1.80. The maximum absolute atomic E-state index is 13.3. The number of alkyl halides is 3. The van der Waals surface area contributed by atoms with E-state index in [0.29, 0.717) is 12.8 Å². The van der Waals surface area contributed by atoms with Crippen molar-refractivity contribution in [3.8, 4) is 0 Å². The Hall–Kier alpha value is -1.39. The lowest BCUT2D eigenvalue weighted by Gasteiger charge is -2.23. The third-order valence-corrected chi connectivity index (χ3v) is 11.2. The van der Waals surface area contributed by atoms with Crippen LogP contribution < -0.4 is 5.32 Å². The molecule has 1 aliphatic rings. The molecule has 1 N–H and O–H groups in total. The van der Waals surface area contributed by atoms with Crippen LogP contribution in [-0.4, -0.2) is 68.3 Å². The smallest absolute Gasteiger partial charge is 0.346 e. The molecule has 1 aliphatic heterocycles. The second-order valence-corrected chi connectivity index (χ2v) is 16.5. The van der Waals surface area contributed by atoms with Gasteiger partial charge in [-0.05, 0) is 19.3 Å². The Labute approximate surface area is 342 Å². The van der Waals surface area contributed by atoms with Gasteiger partial charge < -0.3 is 24.4 Å². The highest BCUT2D eigenvalue weighted by Crippen LogP contribution is 2.18. The first-order chi connectivity index (χ1) is 27.3. The van der Waals surface area contributed by atoms with Gasteiger partial charge in [-0.1, -0.05) is 206 Å². The Morgan fingerprint density at radius 1 is 0.571 bits per heavy atom. The summed E-state index contributed by atoms with van der Waals surface area (Å²) in [4.78, 5) is 26.4. The summed E-state index contributed by atoms with van der Waals surface area (Å²) < 4.78 is 53.6. The molecular formula is C46H87F3N2O5. The van der Waals surface area contributed by atoms with Crippen LogP contribution in [0.1, 0.15) is 232 Å². The number of carbonyl (C=O) groups is 2. The molecule has 10 heteroatoms. The van der Waals surface area contributed by atoms with E-state index in [9.17, 15) is 22.8 Å². The van der Waals surface area contributed by atoms with Crippen LogP contribution in [0.3, 0.4) is 0 Å². The second kappa shape index (κ2) is 37.9. The number of nitrogens with zero attached hydrogens (tertiary/aromatic N) is 1. The molecule has 0 aromatic heterocycles. The van der Waals surface area contributed by atoms with Crippen LogP contribution in [0.4, 0.5) is 13.2 Å². The predicted octanol–water partition coefficient (Wildman–Crippen LogP) is 13.5. The normalized spacial score (nSPS) is 15.8. The molecule has 332 valence electrons. The highest BCUT2D eigenvalue weighted by atomic mass is 19.4.